The number of nitrogens with one attached hydrogen (secondary N) is 2. The van der Waals surface area contributed by atoms with E-state index in [9.17, 15) is 8.42 Å². The van der Waals surface area contributed by atoms with Gasteiger partial charge in [0.25, 0.3) is 0 Å². The van der Waals surface area contributed by atoms with E-state index >= 15 is 0 Å². The van der Waals surface area contributed by atoms with Crippen molar-refractivity contribution in [3.05, 3.63) is 12.3 Å². The molecule has 2 rings (SSSR count). The van der Waals surface area contributed by atoms with E-state index in [1.54, 1.807) is 19.3 Å². The molecular weight excluding hydrogens is 240 g/mol. The number of sulfone groups is 1. The van der Waals surface area contributed by atoms with Gasteiger partial charge in [0, 0.05) is 19.3 Å². The highest BCUT2D eigenvalue weighted by Gasteiger charge is 2.24. The van der Waals surface area contributed by atoms with Gasteiger partial charge in [0.1, 0.15) is 5.82 Å². The number of hydrogen-bond acceptors (Lipinski definition) is 6. The molecule has 1 fully saturated rings. The predicted molar refractivity (Wildman–Crippen MR) is 66.9 cm³/mol. The molecule has 2 N–H and O–H groups in total. The molecule has 0 amide bonds. The molecule has 1 aromatic rings. The third kappa shape index (κ3) is 3.29. The van der Waals surface area contributed by atoms with E-state index in [1.807, 2.05) is 0 Å². The molecule has 1 aliphatic rings. The summed E-state index contributed by atoms with van der Waals surface area (Å²) in [5.41, 5.74) is 0. The molecule has 17 heavy (non-hydrogen) atoms. The largest absolute Gasteiger partial charge is 0.366 e. The van der Waals surface area contributed by atoms with Crippen LogP contribution < -0.4 is 10.6 Å². The molecule has 0 spiro atoms. The predicted octanol–water partition coefficient (Wildman–Crippen LogP) is 0.507. The molecule has 0 aliphatic carbocycles. The third-order valence-corrected chi connectivity index (χ3v) is 4.52. The molecule has 1 unspecified atom stereocenters. The summed E-state index contributed by atoms with van der Waals surface area (Å²) in [7, 11) is -1.15. The SMILES string of the molecule is CNc1nccc(NC2CCCS(=O)(=O)C2)n1. The van der Waals surface area contributed by atoms with E-state index in [-0.39, 0.29) is 11.8 Å². The highest BCUT2D eigenvalue weighted by Crippen LogP contribution is 2.16. The van der Waals surface area contributed by atoms with Crippen LogP contribution in [0.15, 0.2) is 12.3 Å². The van der Waals surface area contributed by atoms with Crippen molar-refractivity contribution in [2.75, 3.05) is 29.2 Å². The summed E-state index contributed by atoms with van der Waals surface area (Å²) in [6, 6.07) is 1.69. The first-order chi connectivity index (χ1) is 8.09. The van der Waals surface area contributed by atoms with Crippen molar-refractivity contribution in [3.63, 3.8) is 0 Å². The summed E-state index contributed by atoms with van der Waals surface area (Å²) in [5, 5.41) is 5.98. The third-order valence-electron chi connectivity index (χ3n) is 2.69. The van der Waals surface area contributed by atoms with Crippen LogP contribution in [0.4, 0.5) is 11.8 Å². The Morgan fingerprint density at radius 1 is 1.47 bits per heavy atom. The van der Waals surface area contributed by atoms with Crippen LogP contribution in [-0.4, -0.2) is 43.0 Å². The average Bonchev–Trinajstić information content (AvgIpc) is 2.28. The Hall–Kier alpha value is -1.37. The van der Waals surface area contributed by atoms with Crippen molar-refractivity contribution in [1.82, 2.24) is 9.97 Å². The van der Waals surface area contributed by atoms with Gasteiger partial charge in [-0.3, -0.25) is 0 Å². The van der Waals surface area contributed by atoms with Gasteiger partial charge in [0.2, 0.25) is 5.95 Å². The van der Waals surface area contributed by atoms with Gasteiger partial charge in [0.05, 0.1) is 11.5 Å². The molecular formula is C10H16N4O2S. The summed E-state index contributed by atoms with van der Waals surface area (Å²) in [6.45, 7) is 0. The molecule has 94 valence electrons. The summed E-state index contributed by atoms with van der Waals surface area (Å²) in [6.07, 6.45) is 3.21. The van der Waals surface area contributed by atoms with E-state index in [0.29, 0.717) is 23.9 Å². The van der Waals surface area contributed by atoms with Crippen molar-refractivity contribution in [2.24, 2.45) is 0 Å². The Morgan fingerprint density at radius 2 is 2.29 bits per heavy atom. The summed E-state index contributed by atoms with van der Waals surface area (Å²) >= 11 is 0. The lowest BCUT2D eigenvalue weighted by Crippen LogP contribution is -2.35. The van der Waals surface area contributed by atoms with Gasteiger partial charge in [-0.2, -0.15) is 4.98 Å². The Morgan fingerprint density at radius 3 is 3.00 bits per heavy atom. The number of nitrogens with zero attached hydrogens (tertiary/aromatic N) is 2. The number of anilines is 2. The maximum absolute atomic E-state index is 11.5. The molecule has 6 nitrogen and oxygen atoms in total. The molecule has 2 heterocycles. The zero-order valence-corrected chi connectivity index (χ0v) is 10.5. The first kappa shape index (κ1) is 12.1. The highest BCUT2D eigenvalue weighted by atomic mass is 32.2. The molecule has 0 aromatic carbocycles. The van der Waals surface area contributed by atoms with Crippen LogP contribution in [0, 0.1) is 0 Å². The zero-order valence-electron chi connectivity index (χ0n) is 9.68. The number of hydrogen-bond donors (Lipinski definition) is 2. The first-order valence-corrected chi connectivity index (χ1v) is 7.39. The van der Waals surface area contributed by atoms with Crippen LogP contribution in [0.2, 0.25) is 0 Å². The molecule has 1 aliphatic heterocycles. The van der Waals surface area contributed by atoms with Crippen LogP contribution in [0.5, 0.6) is 0 Å². The second-order valence-corrected chi connectivity index (χ2v) is 6.34. The van der Waals surface area contributed by atoms with Gasteiger partial charge in [-0.1, -0.05) is 0 Å². The van der Waals surface area contributed by atoms with Crippen LogP contribution in [0.1, 0.15) is 12.8 Å². The van der Waals surface area contributed by atoms with Gasteiger partial charge in [-0.05, 0) is 18.9 Å². The Balaban J connectivity index is 2.05. The minimum absolute atomic E-state index is 0.0478. The minimum atomic E-state index is -2.89. The molecule has 1 saturated heterocycles. The average molecular weight is 256 g/mol. The Labute approximate surface area is 101 Å². The summed E-state index contributed by atoms with van der Waals surface area (Å²) in [4.78, 5) is 8.20. The van der Waals surface area contributed by atoms with E-state index in [4.69, 9.17) is 0 Å². The van der Waals surface area contributed by atoms with Gasteiger partial charge >= 0.3 is 0 Å². The molecule has 0 bridgehead atoms. The fraction of sp³-hybridized carbons (Fsp3) is 0.600. The molecule has 0 radical (unpaired) electrons. The fourth-order valence-electron chi connectivity index (χ4n) is 1.91. The van der Waals surface area contributed by atoms with E-state index < -0.39 is 9.84 Å². The minimum Gasteiger partial charge on any atom is -0.366 e. The van der Waals surface area contributed by atoms with Crippen molar-refractivity contribution in [1.29, 1.82) is 0 Å². The Bertz CT molecular complexity index is 489. The van der Waals surface area contributed by atoms with E-state index in [0.717, 1.165) is 6.42 Å². The monoisotopic (exact) mass is 256 g/mol. The van der Waals surface area contributed by atoms with E-state index in [1.165, 1.54) is 0 Å². The summed E-state index contributed by atoms with van der Waals surface area (Å²) in [5.74, 6) is 1.67. The topological polar surface area (TPSA) is 84.0 Å². The quantitative estimate of drug-likeness (QED) is 0.819. The van der Waals surface area contributed by atoms with Crippen molar-refractivity contribution < 1.29 is 8.42 Å². The molecule has 1 aromatic heterocycles. The fourth-order valence-corrected chi connectivity index (χ4v) is 3.54. The van der Waals surface area contributed by atoms with Gasteiger partial charge in [0.15, 0.2) is 9.84 Å². The lowest BCUT2D eigenvalue weighted by atomic mass is 10.2. The van der Waals surface area contributed by atoms with Gasteiger partial charge in [-0.15, -0.1) is 0 Å². The van der Waals surface area contributed by atoms with Crippen LogP contribution >= 0.6 is 0 Å². The van der Waals surface area contributed by atoms with Crippen molar-refractivity contribution in [2.45, 2.75) is 18.9 Å². The van der Waals surface area contributed by atoms with E-state index in [2.05, 4.69) is 20.6 Å². The molecule has 7 heteroatoms. The summed E-state index contributed by atoms with van der Waals surface area (Å²) < 4.78 is 23.0. The lowest BCUT2D eigenvalue weighted by molar-refractivity contribution is 0.561. The second kappa shape index (κ2) is 4.87. The highest BCUT2D eigenvalue weighted by molar-refractivity contribution is 7.91. The van der Waals surface area contributed by atoms with Gasteiger partial charge < -0.3 is 10.6 Å². The second-order valence-electron chi connectivity index (χ2n) is 4.11. The van der Waals surface area contributed by atoms with Crippen LogP contribution in [-0.2, 0) is 9.84 Å². The van der Waals surface area contributed by atoms with Crippen molar-refractivity contribution >= 4 is 21.6 Å². The van der Waals surface area contributed by atoms with Crippen molar-refractivity contribution in [3.8, 4) is 0 Å². The Kier molecular flexibility index (Phi) is 3.46. The van der Waals surface area contributed by atoms with Gasteiger partial charge in [-0.25, -0.2) is 13.4 Å². The standard InChI is InChI=1S/C10H16N4O2S/c1-11-10-12-5-4-9(14-10)13-8-3-2-6-17(15,16)7-8/h4-5,8H,2-3,6-7H2,1H3,(H2,11,12,13,14). The first-order valence-electron chi connectivity index (χ1n) is 5.57. The number of aromatic nitrogens is 2. The molecule has 0 saturated carbocycles. The maximum atomic E-state index is 11.5. The lowest BCUT2D eigenvalue weighted by Gasteiger charge is -2.23. The maximum Gasteiger partial charge on any atom is 0.224 e. The molecule has 1 atom stereocenters. The van der Waals surface area contributed by atoms with Crippen LogP contribution in [0.25, 0.3) is 0 Å². The normalized spacial score (nSPS) is 23.0. The van der Waals surface area contributed by atoms with Crippen LogP contribution in [0.3, 0.4) is 0 Å². The smallest absolute Gasteiger partial charge is 0.224 e. The zero-order chi connectivity index (χ0) is 12.3. The number of rotatable bonds is 3.